The number of benzene rings is 1. The molecule has 0 aromatic heterocycles. The number of methoxy groups -OCH3 is 1. The second kappa shape index (κ2) is 8.90. The Labute approximate surface area is 154 Å². The molecule has 0 bridgehead atoms. The molecular formula is C19H25ClN2O3. The number of piperidine rings is 1. The highest BCUT2D eigenvalue weighted by atomic mass is 35.5. The first-order valence-corrected chi connectivity index (χ1v) is 8.87. The largest absolute Gasteiger partial charge is 0.496 e. The smallest absolute Gasteiger partial charge is 0.227 e. The molecule has 0 aliphatic carbocycles. The fraction of sp³-hybridized carbons (Fsp3) is 0.474. The van der Waals surface area contributed by atoms with Gasteiger partial charge in [0.05, 0.1) is 13.0 Å². The molecule has 0 unspecified atom stereocenters. The number of amides is 2. The Bertz CT molecular complexity index is 648. The fourth-order valence-corrected chi connectivity index (χ4v) is 3.32. The van der Waals surface area contributed by atoms with Crippen LogP contribution in [0.5, 0.6) is 5.75 Å². The Hall–Kier alpha value is -2.01. The molecular weight excluding hydrogens is 340 g/mol. The van der Waals surface area contributed by atoms with Crippen molar-refractivity contribution in [3.8, 4) is 5.75 Å². The number of hydrogen-bond acceptors (Lipinski definition) is 3. The highest BCUT2D eigenvalue weighted by Gasteiger charge is 2.32. The van der Waals surface area contributed by atoms with Gasteiger partial charge in [0, 0.05) is 43.2 Å². The normalized spacial score (nSPS) is 17.3. The molecule has 5 nitrogen and oxygen atoms in total. The predicted octanol–water partition coefficient (Wildman–Crippen LogP) is 3.12. The summed E-state index contributed by atoms with van der Waals surface area (Å²) < 4.78 is 5.37. The topological polar surface area (TPSA) is 49.9 Å². The lowest BCUT2D eigenvalue weighted by Gasteiger charge is -2.34. The van der Waals surface area contributed by atoms with Crippen LogP contribution in [0.25, 0.3) is 0 Å². The van der Waals surface area contributed by atoms with Gasteiger partial charge in [-0.3, -0.25) is 9.59 Å². The van der Waals surface area contributed by atoms with Crippen LogP contribution in [0.15, 0.2) is 30.9 Å². The first-order chi connectivity index (χ1) is 12.0. The molecule has 1 heterocycles. The second-order valence-electron chi connectivity index (χ2n) is 6.13. The number of nitrogens with zero attached hydrogens (tertiary/aromatic N) is 2. The summed E-state index contributed by atoms with van der Waals surface area (Å²) in [6, 6.07) is 5.40. The summed E-state index contributed by atoms with van der Waals surface area (Å²) in [5.74, 6) is 0.681. The van der Waals surface area contributed by atoms with Crippen molar-refractivity contribution in [3.63, 3.8) is 0 Å². The van der Waals surface area contributed by atoms with E-state index in [1.165, 1.54) is 0 Å². The van der Waals surface area contributed by atoms with Crippen molar-refractivity contribution in [2.75, 3.05) is 26.7 Å². The maximum atomic E-state index is 13.0. The molecule has 2 rings (SSSR count). The van der Waals surface area contributed by atoms with E-state index in [1.807, 2.05) is 13.0 Å². The Morgan fingerprint density at radius 3 is 2.92 bits per heavy atom. The molecule has 0 radical (unpaired) electrons. The van der Waals surface area contributed by atoms with Gasteiger partial charge in [-0.05, 0) is 31.5 Å². The lowest BCUT2D eigenvalue weighted by atomic mass is 9.95. The molecule has 0 N–H and O–H groups in total. The molecule has 1 saturated heterocycles. The van der Waals surface area contributed by atoms with E-state index in [0.29, 0.717) is 49.8 Å². The molecule has 1 fully saturated rings. The van der Waals surface area contributed by atoms with E-state index in [4.69, 9.17) is 16.3 Å². The third kappa shape index (κ3) is 4.75. The number of rotatable bonds is 7. The summed E-state index contributed by atoms with van der Waals surface area (Å²) in [5, 5.41) is 0.611. The van der Waals surface area contributed by atoms with Crippen LogP contribution in [0, 0.1) is 5.92 Å². The van der Waals surface area contributed by atoms with Crippen molar-refractivity contribution in [1.82, 2.24) is 9.80 Å². The van der Waals surface area contributed by atoms with Crippen LogP contribution in [0.2, 0.25) is 5.02 Å². The molecule has 1 atom stereocenters. The minimum atomic E-state index is -0.178. The van der Waals surface area contributed by atoms with Gasteiger partial charge in [-0.2, -0.15) is 0 Å². The highest BCUT2D eigenvalue weighted by molar-refractivity contribution is 6.30. The van der Waals surface area contributed by atoms with Crippen LogP contribution in [0.4, 0.5) is 0 Å². The maximum Gasteiger partial charge on any atom is 0.227 e. The van der Waals surface area contributed by atoms with E-state index in [0.717, 1.165) is 5.56 Å². The van der Waals surface area contributed by atoms with Gasteiger partial charge < -0.3 is 14.5 Å². The van der Waals surface area contributed by atoms with Gasteiger partial charge in [0.2, 0.25) is 11.8 Å². The monoisotopic (exact) mass is 364 g/mol. The van der Waals surface area contributed by atoms with Crippen molar-refractivity contribution >= 4 is 23.4 Å². The second-order valence-corrected chi connectivity index (χ2v) is 6.57. The van der Waals surface area contributed by atoms with Crippen molar-refractivity contribution in [1.29, 1.82) is 0 Å². The number of ether oxygens (including phenoxy) is 1. The molecule has 136 valence electrons. The first-order valence-electron chi connectivity index (χ1n) is 8.50. The summed E-state index contributed by atoms with van der Waals surface area (Å²) in [6.07, 6.45) is 2.69. The fourth-order valence-electron chi connectivity index (χ4n) is 3.13. The van der Waals surface area contributed by atoms with E-state index in [1.54, 1.807) is 35.1 Å². The quantitative estimate of drug-likeness (QED) is 0.698. The van der Waals surface area contributed by atoms with Gasteiger partial charge in [-0.1, -0.05) is 17.7 Å². The Morgan fingerprint density at radius 2 is 2.28 bits per heavy atom. The zero-order chi connectivity index (χ0) is 18.4. The van der Waals surface area contributed by atoms with E-state index < -0.39 is 0 Å². The van der Waals surface area contributed by atoms with Gasteiger partial charge in [0.1, 0.15) is 5.75 Å². The zero-order valence-electron chi connectivity index (χ0n) is 14.8. The molecule has 25 heavy (non-hydrogen) atoms. The average molecular weight is 365 g/mol. The predicted molar refractivity (Wildman–Crippen MR) is 98.6 cm³/mol. The highest BCUT2D eigenvalue weighted by Crippen LogP contribution is 2.26. The summed E-state index contributed by atoms with van der Waals surface area (Å²) in [6.45, 7) is 7.58. The average Bonchev–Trinajstić information content (AvgIpc) is 2.61. The Morgan fingerprint density at radius 1 is 1.52 bits per heavy atom. The Balaban J connectivity index is 2.12. The SMILES string of the molecule is C=CCN1C[C@H](C(=O)N(CC)Cc2cc(Cl)ccc2OC)CCC1=O. The van der Waals surface area contributed by atoms with Crippen LogP contribution in [0.1, 0.15) is 25.3 Å². The molecule has 1 aromatic rings. The summed E-state index contributed by atoms with van der Waals surface area (Å²) >= 11 is 6.09. The van der Waals surface area contributed by atoms with E-state index in [2.05, 4.69) is 6.58 Å². The van der Waals surface area contributed by atoms with Crippen LogP contribution in [-0.2, 0) is 16.1 Å². The lowest BCUT2D eigenvalue weighted by Crippen LogP contribution is -2.46. The minimum Gasteiger partial charge on any atom is -0.496 e. The van der Waals surface area contributed by atoms with Crippen molar-refractivity contribution < 1.29 is 14.3 Å². The van der Waals surface area contributed by atoms with Crippen LogP contribution in [-0.4, -0.2) is 48.4 Å². The summed E-state index contributed by atoms with van der Waals surface area (Å²) in [7, 11) is 1.60. The molecule has 2 amide bonds. The van der Waals surface area contributed by atoms with Crippen molar-refractivity contribution in [2.45, 2.75) is 26.3 Å². The summed E-state index contributed by atoms with van der Waals surface area (Å²) in [5.41, 5.74) is 0.875. The van der Waals surface area contributed by atoms with Crippen molar-refractivity contribution in [3.05, 3.63) is 41.4 Å². The number of carbonyl (C=O) groups excluding carboxylic acids is 2. The molecule has 1 aliphatic heterocycles. The standard InChI is InChI=1S/C19H25ClN2O3/c1-4-10-22-12-14(6-9-18(22)23)19(24)21(5-2)13-15-11-16(20)7-8-17(15)25-3/h4,7-8,11,14H,1,5-6,9-10,12-13H2,2-3H3/t14-/m1/s1. The first kappa shape index (κ1) is 19.3. The van der Waals surface area contributed by atoms with Crippen molar-refractivity contribution in [2.24, 2.45) is 5.92 Å². The minimum absolute atomic E-state index is 0.0612. The number of carbonyl (C=O) groups is 2. The van der Waals surface area contributed by atoms with E-state index >= 15 is 0 Å². The van der Waals surface area contributed by atoms with Gasteiger partial charge in [-0.25, -0.2) is 0 Å². The Kier molecular flexibility index (Phi) is 6.88. The summed E-state index contributed by atoms with van der Waals surface area (Å²) in [4.78, 5) is 28.4. The third-order valence-corrected chi connectivity index (χ3v) is 4.73. The van der Waals surface area contributed by atoms with E-state index in [-0.39, 0.29) is 17.7 Å². The number of hydrogen-bond donors (Lipinski definition) is 0. The number of likely N-dealkylation sites (tertiary alicyclic amines) is 1. The maximum absolute atomic E-state index is 13.0. The lowest BCUT2D eigenvalue weighted by molar-refractivity contribution is -0.143. The molecule has 0 saturated carbocycles. The van der Waals surface area contributed by atoms with Crippen LogP contribution < -0.4 is 4.74 Å². The molecule has 6 heteroatoms. The van der Waals surface area contributed by atoms with Crippen LogP contribution in [0.3, 0.4) is 0 Å². The molecule has 1 aliphatic rings. The molecule has 1 aromatic carbocycles. The van der Waals surface area contributed by atoms with Gasteiger partial charge in [0.15, 0.2) is 0 Å². The zero-order valence-corrected chi connectivity index (χ0v) is 15.6. The van der Waals surface area contributed by atoms with Gasteiger partial charge in [0.25, 0.3) is 0 Å². The third-order valence-electron chi connectivity index (χ3n) is 4.50. The van der Waals surface area contributed by atoms with E-state index in [9.17, 15) is 9.59 Å². The molecule has 0 spiro atoms. The van der Waals surface area contributed by atoms with Gasteiger partial charge >= 0.3 is 0 Å². The van der Waals surface area contributed by atoms with Gasteiger partial charge in [-0.15, -0.1) is 6.58 Å². The van der Waals surface area contributed by atoms with Crippen LogP contribution >= 0.6 is 11.6 Å². The number of halogens is 1.